The van der Waals surface area contributed by atoms with E-state index in [9.17, 15) is 9.59 Å². The molecule has 0 fully saturated rings. The first-order chi connectivity index (χ1) is 14.0. The average molecular weight is 434 g/mol. The number of nitrogens with zero attached hydrogens (tertiary/aromatic N) is 2. The van der Waals surface area contributed by atoms with E-state index < -0.39 is 0 Å². The highest BCUT2D eigenvalue weighted by Gasteiger charge is 2.18. The third kappa shape index (κ3) is 5.01. The summed E-state index contributed by atoms with van der Waals surface area (Å²) >= 11 is 0. The van der Waals surface area contributed by atoms with Crippen molar-refractivity contribution in [2.24, 2.45) is 0 Å². The number of carbonyl (C=O) groups excluding carboxylic acids is 2. The number of esters is 1. The standard InChI is InChI=1S/C21H23N3O5.ClH/c1-3-28-19(25)7-5-11-29-17-6-4-10-24-16(17)13-23-21(24)20(26)14-8-9-15(22)18(12-14)27-2;/h4,6,8-10,12-13H,3,5,7,11,22H2,1-2H3;1H. The highest BCUT2D eigenvalue weighted by molar-refractivity contribution is 6.07. The molecule has 2 heterocycles. The number of nitrogen functional groups attached to an aromatic ring is 1. The van der Waals surface area contributed by atoms with Crippen molar-refractivity contribution in [1.82, 2.24) is 9.38 Å². The topological polar surface area (TPSA) is 105 Å². The molecule has 0 aliphatic heterocycles. The van der Waals surface area contributed by atoms with Gasteiger partial charge in [-0.05, 0) is 43.7 Å². The molecule has 160 valence electrons. The molecule has 0 atom stereocenters. The Morgan fingerprint density at radius 2 is 2.00 bits per heavy atom. The summed E-state index contributed by atoms with van der Waals surface area (Å²) in [6.07, 6.45) is 4.15. The summed E-state index contributed by atoms with van der Waals surface area (Å²) in [7, 11) is 1.50. The normalized spacial score (nSPS) is 10.3. The van der Waals surface area contributed by atoms with E-state index in [0.29, 0.717) is 54.3 Å². The van der Waals surface area contributed by atoms with Gasteiger partial charge in [0.15, 0.2) is 5.82 Å². The Kier molecular flexibility index (Phi) is 8.06. The second-order valence-corrected chi connectivity index (χ2v) is 6.25. The number of hydrogen-bond acceptors (Lipinski definition) is 7. The van der Waals surface area contributed by atoms with Crippen molar-refractivity contribution in [3.63, 3.8) is 0 Å². The third-order valence-electron chi connectivity index (χ3n) is 4.32. The zero-order valence-corrected chi connectivity index (χ0v) is 17.6. The van der Waals surface area contributed by atoms with Gasteiger partial charge in [0.2, 0.25) is 5.78 Å². The van der Waals surface area contributed by atoms with Crippen LogP contribution in [0.3, 0.4) is 0 Å². The number of halogens is 1. The van der Waals surface area contributed by atoms with E-state index in [2.05, 4.69) is 4.98 Å². The van der Waals surface area contributed by atoms with Gasteiger partial charge in [-0.2, -0.15) is 0 Å². The van der Waals surface area contributed by atoms with Gasteiger partial charge in [-0.25, -0.2) is 4.98 Å². The fourth-order valence-electron chi connectivity index (χ4n) is 2.90. The lowest BCUT2D eigenvalue weighted by Gasteiger charge is -2.09. The molecule has 1 aromatic carbocycles. The number of fused-ring (bicyclic) bond motifs is 1. The minimum atomic E-state index is -0.261. The number of benzene rings is 1. The molecule has 0 aliphatic carbocycles. The molecular weight excluding hydrogens is 410 g/mol. The number of ether oxygens (including phenoxy) is 3. The lowest BCUT2D eigenvalue weighted by atomic mass is 10.1. The highest BCUT2D eigenvalue weighted by Crippen LogP contribution is 2.25. The van der Waals surface area contributed by atoms with Crippen molar-refractivity contribution in [2.75, 3.05) is 26.1 Å². The molecule has 9 heteroatoms. The van der Waals surface area contributed by atoms with Gasteiger partial charge in [-0.1, -0.05) is 0 Å². The molecule has 30 heavy (non-hydrogen) atoms. The monoisotopic (exact) mass is 433 g/mol. The third-order valence-corrected chi connectivity index (χ3v) is 4.32. The summed E-state index contributed by atoms with van der Waals surface area (Å²) in [5.41, 5.74) is 7.36. The predicted octanol–water partition coefficient (Wildman–Crippen LogP) is 3.30. The van der Waals surface area contributed by atoms with E-state index in [0.717, 1.165) is 0 Å². The minimum absolute atomic E-state index is 0. The maximum absolute atomic E-state index is 12.9. The number of nitrogens with two attached hydrogens (primary N) is 1. The molecule has 3 rings (SSSR count). The Morgan fingerprint density at radius 1 is 1.20 bits per heavy atom. The van der Waals surface area contributed by atoms with Crippen LogP contribution in [0.1, 0.15) is 35.9 Å². The van der Waals surface area contributed by atoms with Gasteiger partial charge >= 0.3 is 5.97 Å². The van der Waals surface area contributed by atoms with Crippen molar-refractivity contribution >= 4 is 35.4 Å². The second-order valence-electron chi connectivity index (χ2n) is 6.25. The molecule has 0 spiro atoms. The van der Waals surface area contributed by atoms with Gasteiger partial charge in [0.25, 0.3) is 0 Å². The SMILES string of the molecule is CCOC(=O)CCCOc1cccn2c(C(=O)c3ccc(N)c(OC)c3)ncc12.Cl. The van der Waals surface area contributed by atoms with Gasteiger partial charge in [-0.15, -0.1) is 12.4 Å². The van der Waals surface area contributed by atoms with Crippen LogP contribution in [0.25, 0.3) is 5.52 Å². The first-order valence-corrected chi connectivity index (χ1v) is 9.27. The van der Waals surface area contributed by atoms with Crippen LogP contribution < -0.4 is 15.2 Å². The van der Waals surface area contributed by atoms with Crippen LogP contribution in [0.15, 0.2) is 42.7 Å². The van der Waals surface area contributed by atoms with Gasteiger partial charge < -0.3 is 19.9 Å². The molecule has 0 bridgehead atoms. The summed E-state index contributed by atoms with van der Waals surface area (Å²) in [6.45, 7) is 2.49. The van der Waals surface area contributed by atoms with Crippen LogP contribution >= 0.6 is 12.4 Å². The Bertz CT molecular complexity index is 1030. The zero-order valence-electron chi connectivity index (χ0n) is 16.8. The quantitative estimate of drug-likeness (QED) is 0.239. The lowest BCUT2D eigenvalue weighted by Crippen LogP contribution is -2.09. The van der Waals surface area contributed by atoms with Crippen LogP contribution in [0.4, 0.5) is 5.69 Å². The molecule has 8 nitrogen and oxygen atoms in total. The molecule has 0 saturated carbocycles. The Morgan fingerprint density at radius 3 is 2.73 bits per heavy atom. The summed E-state index contributed by atoms with van der Waals surface area (Å²) < 4.78 is 17.5. The number of ketones is 1. The number of pyridine rings is 1. The van der Waals surface area contributed by atoms with Crippen LogP contribution in [-0.4, -0.2) is 41.5 Å². The molecule has 0 radical (unpaired) electrons. The van der Waals surface area contributed by atoms with Crippen molar-refractivity contribution in [2.45, 2.75) is 19.8 Å². The van der Waals surface area contributed by atoms with E-state index in [1.165, 1.54) is 7.11 Å². The molecule has 2 N–H and O–H groups in total. The largest absolute Gasteiger partial charge is 0.495 e. The molecule has 0 saturated heterocycles. The fourth-order valence-corrected chi connectivity index (χ4v) is 2.90. The van der Waals surface area contributed by atoms with E-state index in [1.807, 2.05) is 0 Å². The summed E-state index contributed by atoms with van der Waals surface area (Å²) in [5.74, 6) is 0.761. The zero-order chi connectivity index (χ0) is 20.8. The number of anilines is 1. The maximum atomic E-state index is 12.9. The van der Waals surface area contributed by atoms with Gasteiger partial charge in [0.05, 0.1) is 32.2 Å². The number of rotatable bonds is 9. The minimum Gasteiger partial charge on any atom is -0.495 e. The number of imidazole rings is 1. The van der Waals surface area contributed by atoms with Gasteiger partial charge in [0.1, 0.15) is 17.0 Å². The van der Waals surface area contributed by atoms with Crippen LogP contribution in [0.2, 0.25) is 0 Å². The van der Waals surface area contributed by atoms with E-state index in [4.69, 9.17) is 19.9 Å². The number of carbonyl (C=O) groups is 2. The molecule has 0 amide bonds. The average Bonchev–Trinajstić information content (AvgIpc) is 3.16. The molecule has 0 unspecified atom stereocenters. The highest BCUT2D eigenvalue weighted by atomic mass is 35.5. The molecule has 0 aliphatic rings. The predicted molar refractivity (Wildman–Crippen MR) is 115 cm³/mol. The number of hydrogen-bond donors (Lipinski definition) is 1. The first-order valence-electron chi connectivity index (χ1n) is 9.27. The summed E-state index contributed by atoms with van der Waals surface area (Å²) in [4.78, 5) is 28.6. The Labute approximate surface area is 180 Å². The summed E-state index contributed by atoms with van der Waals surface area (Å²) in [6, 6.07) is 8.42. The molecule has 3 aromatic rings. The van der Waals surface area contributed by atoms with Gasteiger partial charge in [-0.3, -0.25) is 14.0 Å². The fraction of sp³-hybridized carbons (Fsp3) is 0.286. The Balaban J connectivity index is 0.00000320. The molecular formula is C21H24ClN3O5. The number of methoxy groups -OCH3 is 1. The maximum Gasteiger partial charge on any atom is 0.305 e. The van der Waals surface area contributed by atoms with E-state index in [-0.39, 0.29) is 30.0 Å². The van der Waals surface area contributed by atoms with Crippen molar-refractivity contribution in [3.05, 3.63) is 54.1 Å². The van der Waals surface area contributed by atoms with Crippen molar-refractivity contribution in [1.29, 1.82) is 0 Å². The lowest BCUT2D eigenvalue weighted by molar-refractivity contribution is -0.143. The summed E-state index contributed by atoms with van der Waals surface area (Å²) in [5, 5.41) is 0. The molecule has 2 aromatic heterocycles. The Hall–Kier alpha value is -3.26. The van der Waals surface area contributed by atoms with E-state index in [1.54, 1.807) is 54.0 Å². The van der Waals surface area contributed by atoms with Crippen LogP contribution in [0.5, 0.6) is 11.5 Å². The van der Waals surface area contributed by atoms with Crippen molar-refractivity contribution < 1.29 is 23.8 Å². The van der Waals surface area contributed by atoms with Crippen molar-refractivity contribution in [3.8, 4) is 11.5 Å². The number of aromatic nitrogens is 2. The first kappa shape index (κ1) is 23.0. The van der Waals surface area contributed by atoms with Crippen LogP contribution in [0, 0.1) is 0 Å². The second kappa shape index (κ2) is 10.5. The van der Waals surface area contributed by atoms with E-state index >= 15 is 0 Å². The van der Waals surface area contributed by atoms with Crippen LogP contribution in [-0.2, 0) is 9.53 Å². The smallest absolute Gasteiger partial charge is 0.305 e. The van der Waals surface area contributed by atoms with Gasteiger partial charge in [0, 0.05) is 18.2 Å².